The van der Waals surface area contributed by atoms with Crippen LogP contribution in [0.5, 0.6) is 0 Å². The Morgan fingerprint density at radius 3 is 2.81 bits per heavy atom. The molecule has 5 nitrogen and oxygen atoms in total. The first-order chi connectivity index (χ1) is 7.51. The summed E-state index contributed by atoms with van der Waals surface area (Å²) in [7, 11) is -3.52. The van der Waals surface area contributed by atoms with Gasteiger partial charge in [0.05, 0.1) is 11.9 Å². The number of aromatic amines is 1. The summed E-state index contributed by atoms with van der Waals surface area (Å²) in [6, 6.07) is -0.232. The molecule has 16 heavy (non-hydrogen) atoms. The lowest BCUT2D eigenvalue weighted by molar-refractivity contribution is 0.543. The first-order valence-electron chi connectivity index (χ1n) is 4.97. The standard InChI is InChI=1S/C10H15N3O2S/c1-4-6-9(5-2)13-16(14,15)10-7-11-12-8(10)3/h1,7,9,13H,5-6H2,2-3H3,(H,11,12). The van der Waals surface area contributed by atoms with Crippen molar-refractivity contribution in [1.82, 2.24) is 14.9 Å². The quantitative estimate of drug-likeness (QED) is 0.749. The van der Waals surface area contributed by atoms with Crippen molar-refractivity contribution in [2.75, 3.05) is 0 Å². The second-order valence-corrected chi connectivity index (χ2v) is 5.18. The molecule has 1 rings (SSSR count). The van der Waals surface area contributed by atoms with E-state index in [0.29, 0.717) is 18.5 Å². The average Bonchev–Trinajstić information content (AvgIpc) is 2.64. The lowest BCUT2D eigenvalue weighted by Crippen LogP contribution is -2.34. The lowest BCUT2D eigenvalue weighted by atomic mass is 10.2. The van der Waals surface area contributed by atoms with Gasteiger partial charge in [0.1, 0.15) is 4.90 Å². The Bertz CT molecular complexity index is 484. The highest BCUT2D eigenvalue weighted by atomic mass is 32.2. The Kier molecular flexibility index (Phi) is 4.10. The Balaban J connectivity index is 2.88. The minimum absolute atomic E-state index is 0.169. The molecule has 6 heteroatoms. The second kappa shape index (κ2) is 5.14. The SMILES string of the molecule is C#CCC(CC)NS(=O)(=O)c1cn[nH]c1C. The maximum atomic E-state index is 11.9. The van der Waals surface area contributed by atoms with Crippen LogP contribution in [0.3, 0.4) is 0 Å². The summed E-state index contributed by atoms with van der Waals surface area (Å²) in [5.74, 6) is 2.45. The Morgan fingerprint density at radius 2 is 2.38 bits per heavy atom. The third-order valence-corrected chi connectivity index (χ3v) is 3.89. The van der Waals surface area contributed by atoms with E-state index < -0.39 is 10.0 Å². The van der Waals surface area contributed by atoms with E-state index >= 15 is 0 Å². The van der Waals surface area contributed by atoms with Crippen LogP contribution in [0.4, 0.5) is 0 Å². The molecule has 0 amide bonds. The van der Waals surface area contributed by atoms with Crippen molar-refractivity contribution in [2.45, 2.75) is 37.6 Å². The highest BCUT2D eigenvalue weighted by Crippen LogP contribution is 2.12. The maximum Gasteiger partial charge on any atom is 0.244 e. The molecule has 0 saturated carbocycles. The smallest absolute Gasteiger partial charge is 0.244 e. The van der Waals surface area contributed by atoms with Gasteiger partial charge >= 0.3 is 0 Å². The number of aryl methyl sites for hydroxylation is 1. The van der Waals surface area contributed by atoms with Gasteiger partial charge in [0.25, 0.3) is 0 Å². The fraction of sp³-hybridized carbons (Fsp3) is 0.500. The van der Waals surface area contributed by atoms with Gasteiger partial charge in [-0.25, -0.2) is 13.1 Å². The first kappa shape index (κ1) is 12.7. The van der Waals surface area contributed by atoms with Crippen LogP contribution in [0.15, 0.2) is 11.1 Å². The highest BCUT2D eigenvalue weighted by Gasteiger charge is 2.21. The van der Waals surface area contributed by atoms with Crippen LogP contribution in [0.2, 0.25) is 0 Å². The molecule has 0 aliphatic heterocycles. The number of nitrogens with zero attached hydrogens (tertiary/aromatic N) is 1. The minimum Gasteiger partial charge on any atom is -0.281 e. The molecular formula is C10H15N3O2S. The van der Waals surface area contributed by atoms with Crippen molar-refractivity contribution in [2.24, 2.45) is 0 Å². The van der Waals surface area contributed by atoms with Gasteiger partial charge in [-0.2, -0.15) is 5.10 Å². The van der Waals surface area contributed by atoms with E-state index in [9.17, 15) is 8.42 Å². The summed E-state index contributed by atoms with van der Waals surface area (Å²) < 4.78 is 26.4. The third-order valence-electron chi connectivity index (χ3n) is 2.25. The number of nitrogens with one attached hydrogen (secondary N) is 2. The second-order valence-electron chi connectivity index (χ2n) is 3.49. The van der Waals surface area contributed by atoms with Crippen LogP contribution >= 0.6 is 0 Å². The van der Waals surface area contributed by atoms with Gasteiger partial charge in [-0.3, -0.25) is 5.10 Å². The number of aromatic nitrogens is 2. The van der Waals surface area contributed by atoms with E-state index in [0.717, 1.165) is 0 Å². The van der Waals surface area contributed by atoms with E-state index in [4.69, 9.17) is 6.42 Å². The maximum absolute atomic E-state index is 11.9. The zero-order valence-corrected chi connectivity index (χ0v) is 10.1. The molecule has 1 atom stereocenters. The van der Waals surface area contributed by atoms with Crippen molar-refractivity contribution >= 4 is 10.0 Å². The van der Waals surface area contributed by atoms with Gasteiger partial charge in [-0.15, -0.1) is 12.3 Å². The van der Waals surface area contributed by atoms with Gasteiger partial charge in [0, 0.05) is 12.5 Å². The molecule has 0 saturated heterocycles. The number of terminal acetylenes is 1. The third kappa shape index (κ3) is 2.84. The van der Waals surface area contributed by atoms with Crippen LogP contribution in [0.1, 0.15) is 25.5 Å². The lowest BCUT2D eigenvalue weighted by Gasteiger charge is -2.13. The molecule has 1 heterocycles. The Hall–Kier alpha value is -1.32. The molecule has 0 aliphatic rings. The topological polar surface area (TPSA) is 74.8 Å². The normalized spacial score (nSPS) is 13.3. The van der Waals surface area contributed by atoms with E-state index in [-0.39, 0.29) is 10.9 Å². The molecule has 0 aromatic carbocycles. The van der Waals surface area contributed by atoms with Gasteiger partial charge in [0.2, 0.25) is 10.0 Å². The van der Waals surface area contributed by atoms with Gasteiger partial charge in [0.15, 0.2) is 0 Å². The zero-order chi connectivity index (χ0) is 12.2. The summed E-state index contributed by atoms with van der Waals surface area (Å²) >= 11 is 0. The highest BCUT2D eigenvalue weighted by molar-refractivity contribution is 7.89. The van der Waals surface area contributed by atoms with Crippen LogP contribution in [0.25, 0.3) is 0 Å². The fourth-order valence-electron chi connectivity index (χ4n) is 1.31. The van der Waals surface area contributed by atoms with Gasteiger partial charge < -0.3 is 0 Å². The number of rotatable bonds is 5. The molecule has 0 aliphatic carbocycles. The fourth-order valence-corrected chi connectivity index (χ4v) is 2.76. The van der Waals surface area contributed by atoms with E-state index in [2.05, 4.69) is 20.8 Å². The minimum atomic E-state index is -3.52. The summed E-state index contributed by atoms with van der Waals surface area (Å²) in [5.41, 5.74) is 0.517. The predicted octanol–water partition coefficient (Wildman–Crippen LogP) is 0.798. The van der Waals surface area contributed by atoms with Crippen molar-refractivity contribution < 1.29 is 8.42 Å². The predicted molar refractivity (Wildman–Crippen MR) is 61.2 cm³/mol. The van der Waals surface area contributed by atoms with Crippen molar-refractivity contribution in [3.63, 3.8) is 0 Å². The number of H-pyrrole nitrogens is 1. The van der Waals surface area contributed by atoms with Crippen LogP contribution < -0.4 is 4.72 Å². The van der Waals surface area contributed by atoms with Gasteiger partial charge in [-0.05, 0) is 13.3 Å². The van der Waals surface area contributed by atoms with Crippen LogP contribution in [0, 0.1) is 19.3 Å². The van der Waals surface area contributed by atoms with E-state index in [1.54, 1.807) is 6.92 Å². The molecule has 0 spiro atoms. The molecule has 88 valence electrons. The van der Waals surface area contributed by atoms with Crippen molar-refractivity contribution in [3.05, 3.63) is 11.9 Å². The Morgan fingerprint density at radius 1 is 1.69 bits per heavy atom. The number of sulfonamides is 1. The summed E-state index contributed by atoms with van der Waals surface area (Å²) in [6.07, 6.45) is 7.50. The molecule has 1 aromatic heterocycles. The molecule has 0 bridgehead atoms. The molecule has 1 unspecified atom stereocenters. The monoisotopic (exact) mass is 241 g/mol. The molecule has 1 aromatic rings. The molecule has 0 fully saturated rings. The summed E-state index contributed by atoms with van der Waals surface area (Å²) in [4.78, 5) is 0.169. The molecular weight excluding hydrogens is 226 g/mol. The first-order valence-corrected chi connectivity index (χ1v) is 6.45. The van der Waals surface area contributed by atoms with Crippen LogP contribution in [-0.4, -0.2) is 24.7 Å². The van der Waals surface area contributed by atoms with Crippen LogP contribution in [-0.2, 0) is 10.0 Å². The van der Waals surface area contributed by atoms with Gasteiger partial charge in [-0.1, -0.05) is 6.92 Å². The number of hydrogen-bond donors (Lipinski definition) is 2. The summed E-state index contributed by atoms with van der Waals surface area (Å²) in [5, 5.41) is 6.27. The Labute approximate surface area is 95.7 Å². The van der Waals surface area contributed by atoms with E-state index in [1.165, 1.54) is 6.20 Å². The van der Waals surface area contributed by atoms with Crippen molar-refractivity contribution in [3.8, 4) is 12.3 Å². The zero-order valence-electron chi connectivity index (χ0n) is 9.32. The largest absolute Gasteiger partial charge is 0.281 e. The summed E-state index contributed by atoms with van der Waals surface area (Å²) in [6.45, 7) is 3.54. The van der Waals surface area contributed by atoms with Crippen molar-refractivity contribution in [1.29, 1.82) is 0 Å². The molecule has 0 radical (unpaired) electrons. The molecule has 2 N–H and O–H groups in total. The average molecular weight is 241 g/mol. The van der Waals surface area contributed by atoms with E-state index in [1.807, 2.05) is 6.92 Å². The number of hydrogen-bond acceptors (Lipinski definition) is 3.